The number of aryl methyl sites for hydroxylation is 2. The Morgan fingerprint density at radius 2 is 1.67 bits per heavy atom. The average molecular weight is 307 g/mol. The SMILES string of the molecule is COc1cc(Cl)ccc1C(O)c1c(C)cc(C)cc1OC. The van der Waals surface area contributed by atoms with E-state index >= 15 is 0 Å². The first kappa shape index (κ1) is 15.7. The fraction of sp³-hybridized carbons (Fsp3) is 0.294. The first-order valence-corrected chi connectivity index (χ1v) is 7.02. The van der Waals surface area contributed by atoms with Gasteiger partial charge in [0.25, 0.3) is 0 Å². The quantitative estimate of drug-likeness (QED) is 0.926. The van der Waals surface area contributed by atoms with Crippen LogP contribution >= 0.6 is 11.6 Å². The summed E-state index contributed by atoms with van der Waals surface area (Å²) >= 11 is 5.97. The number of aliphatic hydroxyl groups excluding tert-OH is 1. The molecule has 0 aliphatic heterocycles. The van der Waals surface area contributed by atoms with E-state index in [4.69, 9.17) is 21.1 Å². The molecule has 0 aliphatic carbocycles. The first-order valence-electron chi connectivity index (χ1n) is 6.64. The molecule has 0 heterocycles. The van der Waals surface area contributed by atoms with Crippen molar-refractivity contribution in [3.63, 3.8) is 0 Å². The summed E-state index contributed by atoms with van der Waals surface area (Å²) in [6.45, 7) is 3.95. The molecule has 1 unspecified atom stereocenters. The summed E-state index contributed by atoms with van der Waals surface area (Å²) in [5, 5.41) is 11.3. The van der Waals surface area contributed by atoms with Crippen LogP contribution in [0.1, 0.15) is 28.4 Å². The minimum absolute atomic E-state index is 0.553. The molecule has 0 saturated carbocycles. The number of ether oxygens (including phenoxy) is 2. The number of halogens is 1. The van der Waals surface area contributed by atoms with Crippen molar-refractivity contribution in [1.82, 2.24) is 0 Å². The molecule has 1 N–H and O–H groups in total. The Kier molecular flexibility index (Phi) is 4.76. The van der Waals surface area contributed by atoms with Crippen molar-refractivity contribution < 1.29 is 14.6 Å². The highest BCUT2D eigenvalue weighted by molar-refractivity contribution is 6.30. The number of methoxy groups -OCH3 is 2. The normalized spacial score (nSPS) is 12.1. The Morgan fingerprint density at radius 1 is 1.00 bits per heavy atom. The molecule has 3 nitrogen and oxygen atoms in total. The first-order chi connectivity index (χ1) is 9.97. The van der Waals surface area contributed by atoms with Crippen LogP contribution in [0.5, 0.6) is 11.5 Å². The van der Waals surface area contributed by atoms with Gasteiger partial charge in [0.05, 0.1) is 14.2 Å². The molecule has 0 saturated heterocycles. The molecule has 2 aromatic rings. The van der Waals surface area contributed by atoms with E-state index in [9.17, 15) is 5.11 Å². The van der Waals surface area contributed by atoms with Gasteiger partial charge in [-0.2, -0.15) is 0 Å². The minimum Gasteiger partial charge on any atom is -0.496 e. The fourth-order valence-corrected chi connectivity index (χ4v) is 2.69. The topological polar surface area (TPSA) is 38.7 Å². The zero-order chi connectivity index (χ0) is 15.6. The van der Waals surface area contributed by atoms with Crippen LogP contribution in [0.25, 0.3) is 0 Å². The Hall–Kier alpha value is -1.71. The molecule has 0 radical (unpaired) electrons. The highest BCUT2D eigenvalue weighted by Gasteiger charge is 2.21. The number of hydrogen-bond acceptors (Lipinski definition) is 3. The number of aliphatic hydroxyl groups is 1. The van der Waals surface area contributed by atoms with Gasteiger partial charge >= 0.3 is 0 Å². The van der Waals surface area contributed by atoms with Gasteiger partial charge in [0, 0.05) is 16.1 Å². The molecule has 2 rings (SSSR count). The zero-order valence-electron chi connectivity index (χ0n) is 12.6. The van der Waals surface area contributed by atoms with E-state index in [1.165, 1.54) is 0 Å². The summed E-state index contributed by atoms with van der Waals surface area (Å²) in [4.78, 5) is 0. The second kappa shape index (κ2) is 6.37. The lowest BCUT2D eigenvalue weighted by molar-refractivity contribution is 0.208. The van der Waals surface area contributed by atoms with E-state index in [0.717, 1.165) is 16.7 Å². The fourth-order valence-electron chi connectivity index (χ4n) is 2.53. The third-order valence-electron chi connectivity index (χ3n) is 3.48. The highest BCUT2D eigenvalue weighted by Crippen LogP contribution is 2.38. The molecule has 0 spiro atoms. The zero-order valence-corrected chi connectivity index (χ0v) is 13.4. The molecule has 0 aromatic heterocycles. The molecule has 21 heavy (non-hydrogen) atoms. The van der Waals surface area contributed by atoms with Crippen LogP contribution in [0.3, 0.4) is 0 Å². The maximum Gasteiger partial charge on any atom is 0.126 e. The van der Waals surface area contributed by atoms with Gasteiger partial charge in [-0.1, -0.05) is 23.7 Å². The van der Waals surface area contributed by atoms with Gasteiger partial charge in [-0.3, -0.25) is 0 Å². The van der Waals surface area contributed by atoms with Crippen LogP contribution in [0.4, 0.5) is 0 Å². The second-order valence-electron chi connectivity index (χ2n) is 4.99. The molecule has 0 bridgehead atoms. The summed E-state index contributed by atoms with van der Waals surface area (Å²) in [7, 11) is 3.16. The highest BCUT2D eigenvalue weighted by atomic mass is 35.5. The van der Waals surface area contributed by atoms with E-state index < -0.39 is 6.10 Å². The van der Waals surface area contributed by atoms with Gasteiger partial charge in [0.15, 0.2) is 0 Å². The molecule has 4 heteroatoms. The van der Waals surface area contributed by atoms with Crippen molar-refractivity contribution in [3.8, 4) is 11.5 Å². The van der Waals surface area contributed by atoms with Crippen molar-refractivity contribution in [2.75, 3.05) is 14.2 Å². The standard InChI is InChI=1S/C17H19ClO3/c1-10-7-11(2)16(15(8-10)21-4)17(19)13-6-5-12(18)9-14(13)20-3/h5-9,17,19H,1-4H3. The third-order valence-corrected chi connectivity index (χ3v) is 3.71. The van der Waals surface area contributed by atoms with Gasteiger partial charge in [0.2, 0.25) is 0 Å². The van der Waals surface area contributed by atoms with Gasteiger partial charge in [-0.05, 0) is 43.2 Å². The second-order valence-corrected chi connectivity index (χ2v) is 5.42. The number of rotatable bonds is 4. The lowest BCUT2D eigenvalue weighted by Gasteiger charge is -2.20. The Morgan fingerprint density at radius 3 is 2.29 bits per heavy atom. The Bertz CT molecular complexity index is 653. The Labute approximate surface area is 130 Å². The summed E-state index contributed by atoms with van der Waals surface area (Å²) in [5.41, 5.74) is 3.45. The molecule has 2 aromatic carbocycles. The molecule has 112 valence electrons. The molecular weight excluding hydrogens is 288 g/mol. The average Bonchev–Trinajstić information content (AvgIpc) is 2.45. The van der Waals surface area contributed by atoms with Gasteiger partial charge in [-0.15, -0.1) is 0 Å². The van der Waals surface area contributed by atoms with Crippen LogP contribution < -0.4 is 9.47 Å². The molecule has 0 aliphatic rings. The van der Waals surface area contributed by atoms with E-state index in [1.54, 1.807) is 32.4 Å². The summed E-state index contributed by atoms with van der Waals surface area (Å²) < 4.78 is 10.7. The largest absolute Gasteiger partial charge is 0.496 e. The minimum atomic E-state index is -0.840. The summed E-state index contributed by atoms with van der Waals surface area (Å²) in [6, 6.07) is 9.12. The Balaban J connectivity index is 2.57. The molecule has 0 amide bonds. The van der Waals surface area contributed by atoms with Crippen molar-refractivity contribution in [2.24, 2.45) is 0 Å². The van der Waals surface area contributed by atoms with Crippen LogP contribution in [0.2, 0.25) is 5.02 Å². The van der Waals surface area contributed by atoms with Crippen LogP contribution in [-0.2, 0) is 0 Å². The lowest BCUT2D eigenvalue weighted by atomic mass is 9.94. The number of benzene rings is 2. The van der Waals surface area contributed by atoms with Gasteiger partial charge < -0.3 is 14.6 Å². The maximum absolute atomic E-state index is 10.8. The molecule has 0 fully saturated rings. The third kappa shape index (κ3) is 3.14. The summed E-state index contributed by atoms with van der Waals surface area (Å²) in [6.07, 6.45) is -0.840. The van der Waals surface area contributed by atoms with E-state index in [0.29, 0.717) is 22.1 Å². The smallest absolute Gasteiger partial charge is 0.126 e. The van der Waals surface area contributed by atoms with Crippen LogP contribution in [0, 0.1) is 13.8 Å². The lowest BCUT2D eigenvalue weighted by Crippen LogP contribution is -2.07. The predicted molar refractivity (Wildman–Crippen MR) is 84.5 cm³/mol. The maximum atomic E-state index is 10.8. The molecular formula is C17H19ClO3. The van der Waals surface area contributed by atoms with Crippen LogP contribution in [0.15, 0.2) is 30.3 Å². The van der Waals surface area contributed by atoms with Crippen molar-refractivity contribution in [1.29, 1.82) is 0 Å². The predicted octanol–water partition coefficient (Wildman–Crippen LogP) is 4.06. The van der Waals surface area contributed by atoms with Crippen molar-refractivity contribution >= 4 is 11.6 Å². The van der Waals surface area contributed by atoms with Gasteiger partial charge in [-0.25, -0.2) is 0 Å². The van der Waals surface area contributed by atoms with E-state index in [-0.39, 0.29) is 0 Å². The summed E-state index contributed by atoms with van der Waals surface area (Å²) in [5.74, 6) is 1.22. The van der Waals surface area contributed by atoms with Crippen molar-refractivity contribution in [2.45, 2.75) is 20.0 Å². The number of hydrogen-bond donors (Lipinski definition) is 1. The van der Waals surface area contributed by atoms with E-state index in [2.05, 4.69) is 0 Å². The van der Waals surface area contributed by atoms with Gasteiger partial charge in [0.1, 0.15) is 17.6 Å². The van der Waals surface area contributed by atoms with E-state index in [1.807, 2.05) is 26.0 Å². The van der Waals surface area contributed by atoms with Crippen molar-refractivity contribution in [3.05, 3.63) is 57.6 Å². The monoisotopic (exact) mass is 306 g/mol. The van der Waals surface area contributed by atoms with Crippen LogP contribution in [-0.4, -0.2) is 19.3 Å². The molecule has 1 atom stereocenters.